The summed E-state index contributed by atoms with van der Waals surface area (Å²) in [5.74, 6) is 8.70. The molecule has 6 heteroatoms. The molecule has 2 rings (SSSR count). The Morgan fingerprint density at radius 1 is 1.62 bits per heavy atom. The second-order valence-electron chi connectivity index (χ2n) is 3.04. The van der Waals surface area contributed by atoms with Crippen molar-refractivity contribution >= 4 is 11.5 Å². The SMILES string of the molecule is C#CCCOc1nc(NN)cn2ccnc12. The predicted molar refractivity (Wildman–Crippen MR) is 59.7 cm³/mol. The molecule has 2 heterocycles. The number of nitrogens with one attached hydrogen (secondary N) is 1. The molecule has 3 N–H and O–H groups in total. The number of hydrogen-bond acceptors (Lipinski definition) is 5. The summed E-state index contributed by atoms with van der Waals surface area (Å²) in [5, 5.41) is 0. The summed E-state index contributed by atoms with van der Waals surface area (Å²) in [6.45, 7) is 0.403. The van der Waals surface area contributed by atoms with Gasteiger partial charge in [0.15, 0.2) is 5.82 Å². The molecule has 0 atom stereocenters. The molecule has 0 bridgehead atoms. The summed E-state index contributed by atoms with van der Waals surface area (Å²) >= 11 is 0. The van der Waals surface area contributed by atoms with Crippen molar-refractivity contribution in [3.8, 4) is 18.2 Å². The number of aromatic nitrogens is 3. The Labute approximate surface area is 92.4 Å². The molecule has 0 aliphatic heterocycles. The fourth-order valence-corrected chi connectivity index (χ4v) is 1.28. The van der Waals surface area contributed by atoms with Crippen molar-refractivity contribution in [2.45, 2.75) is 6.42 Å². The van der Waals surface area contributed by atoms with Gasteiger partial charge in [-0.05, 0) is 0 Å². The molecule has 0 aliphatic carbocycles. The van der Waals surface area contributed by atoms with Crippen molar-refractivity contribution in [2.24, 2.45) is 5.84 Å². The van der Waals surface area contributed by atoms with Crippen LogP contribution in [0.15, 0.2) is 18.6 Å². The van der Waals surface area contributed by atoms with Crippen LogP contribution in [0.4, 0.5) is 5.82 Å². The lowest BCUT2D eigenvalue weighted by molar-refractivity contribution is 0.317. The van der Waals surface area contributed by atoms with Crippen molar-refractivity contribution < 1.29 is 4.74 Å². The first-order chi connectivity index (χ1) is 7.85. The van der Waals surface area contributed by atoms with Crippen LogP contribution >= 0.6 is 0 Å². The van der Waals surface area contributed by atoms with Gasteiger partial charge in [-0.25, -0.2) is 10.8 Å². The van der Waals surface area contributed by atoms with Crippen LogP contribution in [0.2, 0.25) is 0 Å². The maximum atomic E-state index is 5.43. The molecule has 0 unspecified atom stereocenters. The molecule has 6 nitrogen and oxygen atoms in total. The highest BCUT2D eigenvalue weighted by molar-refractivity contribution is 5.53. The molecule has 16 heavy (non-hydrogen) atoms. The Bertz CT molecular complexity index is 527. The van der Waals surface area contributed by atoms with Crippen LogP contribution in [-0.2, 0) is 0 Å². The van der Waals surface area contributed by atoms with Gasteiger partial charge < -0.3 is 10.2 Å². The molecular formula is C10H11N5O. The Hall–Kier alpha value is -2.26. The van der Waals surface area contributed by atoms with Crippen LogP contribution in [0.1, 0.15) is 6.42 Å². The average Bonchev–Trinajstić information content (AvgIpc) is 2.77. The third-order valence-electron chi connectivity index (χ3n) is 1.98. The van der Waals surface area contributed by atoms with E-state index in [-0.39, 0.29) is 0 Å². The van der Waals surface area contributed by atoms with Gasteiger partial charge in [-0.2, -0.15) is 4.98 Å². The van der Waals surface area contributed by atoms with E-state index >= 15 is 0 Å². The lowest BCUT2D eigenvalue weighted by atomic mass is 10.5. The van der Waals surface area contributed by atoms with E-state index < -0.39 is 0 Å². The minimum absolute atomic E-state index is 0.403. The largest absolute Gasteiger partial charge is 0.474 e. The summed E-state index contributed by atoms with van der Waals surface area (Å²) in [6.07, 6.45) is 10.8. The molecule has 0 aliphatic rings. The van der Waals surface area contributed by atoms with Gasteiger partial charge in [-0.1, -0.05) is 0 Å². The summed E-state index contributed by atoms with van der Waals surface area (Å²) in [6, 6.07) is 0. The standard InChI is InChI=1S/C10H11N5O/c1-2-3-6-16-10-9-12-4-5-15(9)7-8(13-10)14-11/h1,4-5,7,14H,3,6,11H2. The Morgan fingerprint density at radius 3 is 3.25 bits per heavy atom. The fraction of sp³-hybridized carbons (Fsp3) is 0.200. The maximum Gasteiger partial charge on any atom is 0.260 e. The molecule has 0 saturated heterocycles. The zero-order valence-electron chi connectivity index (χ0n) is 8.55. The highest BCUT2D eigenvalue weighted by Gasteiger charge is 2.07. The number of anilines is 1. The summed E-state index contributed by atoms with van der Waals surface area (Å²) in [5.41, 5.74) is 3.09. The minimum atomic E-state index is 0.403. The van der Waals surface area contributed by atoms with Gasteiger partial charge >= 0.3 is 0 Å². The van der Waals surface area contributed by atoms with Crippen molar-refractivity contribution in [3.63, 3.8) is 0 Å². The first kappa shape index (κ1) is 10.3. The predicted octanol–water partition coefficient (Wildman–Crippen LogP) is 0.417. The van der Waals surface area contributed by atoms with Gasteiger partial charge in [-0.15, -0.1) is 12.3 Å². The average molecular weight is 217 g/mol. The van der Waals surface area contributed by atoms with Crippen LogP contribution in [0.3, 0.4) is 0 Å². The van der Waals surface area contributed by atoms with Crippen LogP contribution in [0.5, 0.6) is 5.88 Å². The smallest absolute Gasteiger partial charge is 0.260 e. The van der Waals surface area contributed by atoms with Gasteiger partial charge in [0.25, 0.3) is 5.88 Å². The summed E-state index contributed by atoms with van der Waals surface area (Å²) in [4.78, 5) is 8.28. The first-order valence-corrected chi connectivity index (χ1v) is 4.71. The number of imidazole rings is 1. The van der Waals surface area contributed by atoms with E-state index in [0.717, 1.165) is 0 Å². The van der Waals surface area contributed by atoms with E-state index in [1.807, 2.05) is 0 Å². The quantitative estimate of drug-likeness (QED) is 0.336. The first-order valence-electron chi connectivity index (χ1n) is 4.71. The van der Waals surface area contributed by atoms with Crippen LogP contribution in [-0.4, -0.2) is 21.0 Å². The minimum Gasteiger partial charge on any atom is -0.474 e. The van der Waals surface area contributed by atoms with Crippen LogP contribution in [0, 0.1) is 12.3 Å². The third kappa shape index (κ3) is 1.89. The van der Waals surface area contributed by atoms with Crippen molar-refractivity contribution in [1.29, 1.82) is 0 Å². The highest BCUT2D eigenvalue weighted by atomic mass is 16.5. The van der Waals surface area contributed by atoms with Crippen LogP contribution < -0.4 is 16.0 Å². The highest BCUT2D eigenvalue weighted by Crippen LogP contribution is 2.17. The molecule has 0 saturated carbocycles. The van der Waals surface area contributed by atoms with Gasteiger partial charge in [-0.3, -0.25) is 4.40 Å². The molecule has 2 aromatic rings. The Morgan fingerprint density at radius 2 is 2.50 bits per heavy atom. The summed E-state index contributed by atoms with van der Waals surface area (Å²) < 4.78 is 7.20. The fourth-order valence-electron chi connectivity index (χ4n) is 1.28. The third-order valence-corrected chi connectivity index (χ3v) is 1.98. The van der Waals surface area contributed by atoms with E-state index in [2.05, 4.69) is 21.3 Å². The summed E-state index contributed by atoms with van der Waals surface area (Å²) in [7, 11) is 0. The molecule has 0 spiro atoms. The zero-order valence-corrected chi connectivity index (χ0v) is 8.55. The normalized spacial score (nSPS) is 10.0. The molecular weight excluding hydrogens is 206 g/mol. The number of nitrogens with zero attached hydrogens (tertiary/aromatic N) is 3. The second kappa shape index (κ2) is 4.51. The molecule has 2 aromatic heterocycles. The van der Waals surface area contributed by atoms with Gasteiger partial charge in [0, 0.05) is 18.8 Å². The molecule has 0 amide bonds. The topological polar surface area (TPSA) is 77.5 Å². The van der Waals surface area contributed by atoms with Gasteiger partial charge in [0.1, 0.15) is 6.61 Å². The number of terminal acetylenes is 1. The number of rotatable bonds is 4. The maximum absolute atomic E-state index is 5.43. The van der Waals surface area contributed by atoms with Crippen LogP contribution in [0.25, 0.3) is 5.65 Å². The van der Waals surface area contributed by atoms with Gasteiger partial charge in [0.05, 0.1) is 6.20 Å². The lowest BCUT2D eigenvalue weighted by Gasteiger charge is -2.07. The monoisotopic (exact) mass is 217 g/mol. The Balaban J connectivity index is 2.33. The Kier molecular flexibility index (Phi) is 2.89. The lowest BCUT2D eigenvalue weighted by Crippen LogP contribution is -2.11. The van der Waals surface area contributed by atoms with E-state index in [4.69, 9.17) is 17.0 Å². The number of hydrazine groups is 1. The number of nitrogen functional groups attached to an aromatic ring is 1. The van der Waals surface area contributed by atoms with E-state index in [0.29, 0.717) is 30.4 Å². The van der Waals surface area contributed by atoms with E-state index in [9.17, 15) is 0 Å². The number of fused-ring (bicyclic) bond motifs is 1. The van der Waals surface area contributed by atoms with Gasteiger partial charge in [0.2, 0.25) is 5.65 Å². The molecule has 0 aromatic carbocycles. The second-order valence-corrected chi connectivity index (χ2v) is 3.04. The van der Waals surface area contributed by atoms with Crippen molar-refractivity contribution in [3.05, 3.63) is 18.6 Å². The molecule has 0 radical (unpaired) electrons. The van der Waals surface area contributed by atoms with Crippen molar-refractivity contribution in [1.82, 2.24) is 14.4 Å². The number of hydrogen-bond donors (Lipinski definition) is 2. The van der Waals surface area contributed by atoms with Crippen molar-refractivity contribution in [2.75, 3.05) is 12.0 Å². The molecule has 0 fully saturated rings. The van der Waals surface area contributed by atoms with E-state index in [1.165, 1.54) is 0 Å². The van der Waals surface area contributed by atoms with E-state index in [1.54, 1.807) is 23.0 Å². The number of nitrogens with two attached hydrogens (primary N) is 1. The number of ether oxygens (including phenoxy) is 1. The zero-order chi connectivity index (χ0) is 11.4. The molecule has 82 valence electrons.